The van der Waals surface area contributed by atoms with E-state index in [9.17, 15) is 13.2 Å². The van der Waals surface area contributed by atoms with Gasteiger partial charge in [0.15, 0.2) is 5.82 Å². The van der Waals surface area contributed by atoms with Gasteiger partial charge in [0.1, 0.15) is 5.84 Å². The van der Waals surface area contributed by atoms with Crippen molar-refractivity contribution in [2.75, 3.05) is 42.9 Å². The van der Waals surface area contributed by atoms with E-state index in [0.29, 0.717) is 35.7 Å². The average molecular weight is 455 g/mol. The number of nitrogens with zero attached hydrogens (tertiary/aromatic N) is 5. The predicted octanol–water partition coefficient (Wildman–Crippen LogP) is 3.63. The van der Waals surface area contributed by atoms with Gasteiger partial charge in [-0.25, -0.2) is 0 Å². The molecule has 172 valence electrons. The largest absolute Gasteiger partial charge is 0.416 e. The first kappa shape index (κ1) is 21.6. The second-order valence-electron chi connectivity index (χ2n) is 8.33. The minimum atomic E-state index is -4.39. The molecule has 33 heavy (non-hydrogen) atoms. The van der Waals surface area contributed by atoms with Gasteiger partial charge in [0.05, 0.1) is 12.1 Å². The second kappa shape index (κ2) is 8.93. The molecule has 1 aromatic heterocycles. The Bertz CT molecular complexity index is 1110. The fourth-order valence-electron chi connectivity index (χ4n) is 3.84. The predicted molar refractivity (Wildman–Crippen MR) is 122 cm³/mol. The number of hydrogen-bond donors (Lipinski definition) is 2. The highest BCUT2D eigenvalue weighted by Gasteiger charge is 2.30. The van der Waals surface area contributed by atoms with E-state index >= 15 is 0 Å². The number of alkyl halides is 3. The van der Waals surface area contributed by atoms with Crippen LogP contribution in [0.4, 0.5) is 25.1 Å². The Morgan fingerprint density at radius 2 is 1.88 bits per heavy atom. The van der Waals surface area contributed by atoms with E-state index in [1.807, 2.05) is 0 Å². The molecule has 5 rings (SSSR count). The lowest BCUT2D eigenvalue weighted by Crippen LogP contribution is -2.44. The Morgan fingerprint density at radius 1 is 1.06 bits per heavy atom. The molecule has 1 aromatic carbocycles. The molecule has 3 heterocycles. The molecule has 2 fully saturated rings. The second-order valence-corrected chi connectivity index (χ2v) is 8.33. The fourth-order valence-corrected chi connectivity index (χ4v) is 3.84. The van der Waals surface area contributed by atoms with E-state index in [4.69, 9.17) is 0 Å². The maximum Gasteiger partial charge on any atom is 0.416 e. The van der Waals surface area contributed by atoms with Gasteiger partial charge in [-0.05, 0) is 54.2 Å². The summed E-state index contributed by atoms with van der Waals surface area (Å²) < 4.78 is 39.1. The van der Waals surface area contributed by atoms with Crippen LogP contribution in [0, 0.1) is 5.92 Å². The summed E-state index contributed by atoms with van der Waals surface area (Å²) in [5, 5.41) is 6.48. The third kappa shape index (κ3) is 5.39. The van der Waals surface area contributed by atoms with Crippen molar-refractivity contribution < 1.29 is 13.2 Å². The third-order valence-corrected chi connectivity index (χ3v) is 5.78. The fraction of sp³-hybridized carbons (Fsp3) is 0.391. The van der Waals surface area contributed by atoms with Gasteiger partial charge < -0.3 is 15.5 Å². The maximum atomic E-state index is 13.0. The zero-order valence-corrected chi connectivity index (χ0v) is 17.9. The molecular weight excluding hydrogens is 431 g/mol. The van der Waals surface area contributed by atoms with Crippen molar-refractivity contribution in [1.29, 1.82) is 0 Å². The lowest BCUT2D eigenvalue weighted by atomic mass is 10.1. The molecule has 2 aliphatic heterocycles. The molecule has 1 saturated carbocycles. The molecule has 0 atom stereocenters. The Morgan fingerprint density at radius 3 is 2.64 bits per heavy atom. The summed E-state index contributed by atoms with van der Waals surface area (Å²) in [6.07, 6.45) is 3.29. The first-order chi connectivity index (χ1) is 15.9. The van der Waals surface area contributed by atoms with E-state index in [1.54, 1.807) is 18.2 Å². The minimum Gasteiger partial charge on any atom is -0.338 e. The summed E-state index contributed by atoms with van der Waals surface area (Å²) in [7, 11) is 0. The molecule has 7 nitrogen and oxygen atoms in total. The number of nitrogens with one attached hydrogen (secondary N) is 2. The summed E-state index contributed by atoms with van der Waals surface area (Å²) in [4.78, 5) is 20.2. The highest BCUT2D eigenvalue weighted by Crippen LogP contribution is 2.37. The third-order valence-electron chi connectivity index (χ3n) is 5.78. The van der Waals surface area contributed by atoms with Crippen LogP contribution in [0.15, 0.2) is 40.9 Å². The Labute approximate surface area is 189 Å². The molecule has 10 heteroatoms. The van der Waals surface area contributed by atoms with Crippen LogP contribution in [0.5, 0.6) is 0 Å². The summed E-state index contributed by atoms with van der Waals surface area (Å²) in [6, 6.07) is 5.15. The van der Waals surface area contributed by atoms with Crippen LogP contribution < -0.4 is 15.5 Å². The molecule has 0 unspecified atom stereocenters. The molecule has 0 spiro atoms. The molecule has 0 bridgehead atoms. The van der Waals surface area contributed by atoms with Gasteiger partial charge >= 0.3 is 6.18 Å². The number of aliphatic imine (C=N–C) groups is 1. The molecule has 2 aromatic rings. The Hall–Kier alpha value is -3.27. The first-order valence-corrected chi connectivity index (χ1v) is 11.0. The number of amidine groups is 1. The minimum absolute atomic E-state index is 0.364. The van der Waals surface area contributed by atoms with Crippen LogP contribution >= 0.6 is 0 Å². The van der Waals surface area contributed by atoms with Gasteiger partial charge in [0.25, 0.3) is 0 Å². The topological polar surface area (TPSA) is 78.3 Å². The number of piperazine rings is 1. The number of anilines is 2. The van der Waals surface area contributed by atoms with Gasteiger partial charge in [-0.3, -0.25) is 4.99 Å². The number of halogens is 3. The zero-order chi connectivity index (χ0) is 22.8. The number of benzene rings is 1. The van der Waals surface area contributed by atoms with Gasteiger partial charge in [-0.1, -0.05) is 18.2 Å². The van der Waals surface area contributed by atoms with Gasteiger partial charge in [0.2, 0.25) is 11.9 Å². The maximum absolute atomic E-state index is 13.0. The SMILES string of the molecule is FC(F)(F)c1cccc(/C=C/c2nc(NC3=NCC(C4CC4)=C3)nc(N3CCNCC3)n2)c1. The summed E-state index contributed by atoms with van der Waals surface area (Å²) in [6.45, 7) is 3.86. The standard InChI is InChI=1S/C23H24F3N7/c24-23(25,26)18-3-1-2-15(12-18)4-7-19-29-21(30-20-13-17(14-28-20)16-5-6-16)32-22(31-19)33-10-8-27-9-11-33/h1-4,7,12-13,16,27H,5-6,8-11,14H2,(H,28,29,30,31,32)/b7-4+. The molecule has 1 aliphatic carbocycles. The van der Waals surface area contributed by atoms with Crippen LogP contribution in [0.2, 0.25) is 0 Å². The van der Waals surface area contributed by atoms with Crippen molar-refractivity contribution in [3.8, 4) is 0 Å². The van der Waals surface area contributed by atoms with Crippen molar-refractivity contribution in [3.05, 3.63) is 52.9 Å². The summed E-state index contributed by atoms with van der Waals surface area (Å²) in [5.41, 5.74) is 1.06. The van der Waals surface area contributed by atoms with Crippen LogP contribution in [-0.2, 0) is 6.18 Å². The van der Waals surface area contributed by atoms with E-state index < -0.39 is 11.7 Å². The van der Waals surface area contributed by atoms with Gasteiger partial charge in [-0.15, -0.1) is 0 Å². The highest BCUT2D eigenvalue weighted by atomic mass is 19.4. The number of aromatic nitrogens is 3. The van der Waals surface area contributed by atoms with Crippen LogP contribution in [-0.4, -0.2) is 53.5 Å². The van der Waals surface area contributed by atoms with E-state index in [0.717, 1.165) is 44.1 Å². The van der Waals surface area contributed by atoms with E-state index in [-0.39, 0.29) is 0 Å². The van der Waals surface area contributed by atoms with E-state index in [2.05, 4.69) is 41.6 Å². The summed E-state index contributed by atoms with van der Waals surface area (Å²) >= 11 is 0. The first-order valence-electron chi connectivity index (χ1n) is 11.0. The zero-order valence-electron chi connectivity index (χ0n) is 17.9. The number of hydrogen-bond acceptors (Lipinski definition) is 7. The van der Waals surface area contributed by atoms with Crippen molar-refractivity contribution in [1.82, 2.24) is 20.3 Å². The smallest absolute Gasteiger partial charge is 0.338 e. The van der Waals surface area contributed by atoms with E-state index in [1.165, 1.54) is 24.5 Å². The van der Waals surface area contributed by atoms with Crippen molar-refractivity contribution in [2.24, 2.45) is 10.9 Å². The normalized spacial score (nSPS) is 19.1. The number of rotatable bonds is 5. The quantitative estimate of drug-likeness (QED) is 0.717. The summed E-state index contributed by atoms with van der Waals surface area (Å²) in [5.74, 6) is 2.64. The molecular formula is C23H24F3N7. The van der Waals surface area contributed by atoms with Crippen LogP contribution in [0.1, 0.15) is 29.8 Å². The van der Waals surface area contributed by atoms with Gasteiger partial charge in [-0.2, -0.15) is 28.1 Å². The van der Waals surface area contributed by atoms with Crippen molar-refractivity contribution in [3.63, 3.8) is 0 Å². The molecule has 1 saturated heterocycles. The lowest BCUT2D eigenvalue weighted by molar-refractivity contribution is -0.137. The van der Waals surface area contributed by atoms with Gasteiger partial charge in [0, 0.05) is 26.2 Å². The molecule has 0 radical (unpaired) electrons. The van der Waals surface area contributed by atoms with Crippen molar-refractivity contribution >= 4 is 29.9 Å². The van der Waals surface area contributed by atoms with Crippen molar-refractivity contribution in [2.45, 2.75) is 19.0 Å². The van der Waals surface area contributed by atoms with Crippen LogP contribution in [0.25, 0.3) is 12.2 Å². The Balaban J connectivity index is 1.41. The molecule has 3 aliphatic rings. The lowest BCUT2D eigenvalue weighted by Gasteiger charge is -2.27. The molecule has 2 N–H and O–H groups in total. The monoisotopic (exact) mass is 455 g/mol. The Kier molecular flexibility index (Phi) is 5.84. The molecule has 0 amide bonds. The van der Waals surface area contributed by atoms with Crippen LogP contribution in [0.3, 0.4) is 0 Å². The average Bonchev–Trinajstić information content (AvgIpc) is 3.57. The highest BCUT2D eigenvalue weighted by molar-refractivity contribution is 6.05.